The number of carbonyl (C=O) groups is 2. The third kappa shape index (κ3) is 5.05. The molecule has 6 heteroatoms. The summed E-state index contributed by atoms with van der Waals surface area (Å²) in [6.45, 7) is 2.75. The number of amides is 1. The van der Waals surface area contributed by atoms with Crippen molar-refractivity contribution in [3.63, 3.8) is 0 Å². The van der Waals surface area contributed by atoms with Crippen LogP contribution in [0.1, 0.15) is 25.5 Å². The van der Waals surface area contributed by atoms with E-state index in [1.165, 1.54) is 19.1 Å². The van der Waals surface area contributed by atoms with Gasteiger partial charge < -0.3 is 15.2 Å². The van der Waals surface area contributed by atoms with Crippen molar-refractivity contribution >= 4 is 11.9 Å². The number of hydrogen-bond acceptors (Lipinski definition) is 3. The molecular weight excluding hydrogens is 253 g/mol. The number of hydrogen-bond donors (Lipinski definition) is 2. The molecule has 1 amide bonds. The van der Waals surface area contributed by atoms with E-state index in [9.17, 15) is 14.0 Å². The molecular formula is C13H16FNO4. The quantitative estimate of drug-likeness (QED) is 0.820. The van der Waals surface area contributed by atoms with Crippen LogP contribution < -0.4 is 5.32 Å². The molecule has 0 aliphatic heterocycles. The summed E-state index contributed by atoms with van der Waals surface area (Å²) in [6, 6.07) is 5.45. The zero-order valence-electron chi connectivity index (χ0n) is 10.7. The lowest BCUT2D eigenvalue weighted by Gasteiger charge is -2.15. The molecule has 0 bridgehead atoms. The van der Waals surface area contributed by atoms with Crippen LogP contribution in [0.4, 0.5) is 4.39 Å². The minimum Gasteiger partial charge on any atom is -0.479 e. The first-order valence-corrected chi connectivity index (χ1v) is 5.79. The van der Waals surface area contributed by atoms with Crippen LogP contribution in [0.3, 0.4) is 0 Å². The van der Waals surface area contributed by atoms with Crippen LogP contribution in [0.15, 0.2) is 24.3 Å². The van der Waals surface area contributed by atoms with Gasteiger partial charge in [-0.25, -0.2) is 9.18 Å². The van der Waals surface area contributed by atoms with Gasteiger partial charge in [0.1, 0.15) is 12.4 Å². The lowest BCUT2D eigenvalue weighted by atomic mass is 10.1. The molecule has 0 aliphatic carbocycles. The second-order valence-electron chi connectivity index (χ2n) is 4.13. The Morgan fingerprint density at radius 3 is 2.42 bits per heavy atom. The van der Waals surface area contributed by atoms with Crippen LogP contribution in [-0.4, -0.2) is 29.7 Å². The van der Waals surface area contributed by atoms with Crippen LogP contribution >= 0.6 is 0 Å². The number of rotatable bonds is 6. The molecule has 5 nitrogen and oxygen atoms in total. The molecule has 0 heterocycles. The van der Waals surface area contributed by atoms with E-state index >= 15 is 0 Å². The van der Waals surface area contributed by atoms with Crippen molar-refractivity contribution in [1.82, 2.24) is 5.32 Å². The number of aliphatic carboxylic acids is 1. The standard InChI is InChI=1S/C13H16FNO4/c1-8(10-3-5-11(14)6-4-10)15-12(16)7-19-9(2)13(17)18/h3-6,8-9H,7H2,1-2H3,(H,15,16)(H,17,18)/t8?,9-/m0/s1. The highest BCUT2D eigenvalue weighted by Gasteiger charge is 2.15. The number of carbonyl (C=O) groups excluding carboxylic acids is 1. The van der Waals surface area contributed by atoms with E-state index in [1.807, 2.05) is 0 Å². The van der Waals surface area contributed by atoms with Gasteiger partial charge in [-0.15, -0.1) is 0 Å². The molecule has 0 saturated heterocycles. The van der Waals surface area contributed by atoms with Gasteiger partial charge in [-0.05, 0) is 31.5 Å². The maximum atomic E-state index is 12.7. The fourth-order valence-corrected chi connectivity index (χ4v) is 1.39. The lowest BCUT2D eigenvalue weighted by molar-refractivity contribution is -0.150. The van der Waals surface area contributed by atoms with Crippen molar-refractivity contribution < 1.29 is 23.8 Å². The molecule has 2 atom stereocenters. The van der Waals surface area contributed by atoms with Crippen molar-refractivity contribution in [2.24, 2.45) is 0 Å². The summed E-state index contributed by atoms with van der Waals surface area (Å²) >= 11 is 0. The van der Waals surface area contributed by atoms with Gasteiger partial charge in [0, 0.05) is 0 Å². The molecule has 2 N–H and O–H groups in total. The third-order valence-electron chi connectivity index (χ3n) is 2.56. The SMILES string of the molecule is CC(NC(=O)CO[C@@H](C)C(=O)O)c1ccc(F)cc1. The summed E-state index contributed by atoms with van der Waals surface area (Å²) in [6.07, 6.45) is -1.04. The Morgan fingerprint density at radius 1 is 1.32 bits per heavy atom. The first-order chi connectivity index (χ1) is 8.90. The summed E-state index contributed by atoms with van der Waals surface area (Å²) in [5, 5.41) is 11.2. The van der Waals surface area contributed by atoms with E-state index < -0.39 is 18.0 Å². The summed E-state index contributed by atoms with van der Waals surface area (Å²) < 4.78 is 17.6. The molecule has 0 aromatic heterocycles. The van der Waals surface area contributed by atoms with Crippen LogP contribution in [0.2, 0.25) is 0 Å². The van der Waals surface area contributed by atoms with Crippen molar-refractivity contribution in [3.8, 4) is 0 Å². The molecule has 104 valence electrons. The summed E-state index contributed by atoms with van der Waals surface area (Å²) in [4.78, 5) is 22.0. The largest absolute Gasteiger partial charge is 0.479 e. The predicted molar refractivity (Wildman–Crippen MR) is 66.0 cm³/mol. The van der Waals surface area contributed by atoms with Gasteiger partial charge in [-0.2, -0.15) is 0 Å². The fraction of sp³-hybridized carbons (Fsp3) is 0.385. The second-order valence-corrected chi connectivity index (χ2v) is 4.13. The highest BCUT2D eigenvalue weighted by atomic mass is 19.1. The van der Waals surface area contributed by atoms with Gasteiger partial charge in [0.05, 0.1) is 6.04 Å². The normalized spacial score (nSPS) is 13.6. The number of halogens is 1. The average molecular weight is 269 g/mol. The van der Waals surface area contributed by atoms with E-state index in [2.05, 4.69) is 5.32 Å². The van der Waals surface area contributed by atoms with E-state index in [0.717, 1.165) is 5.56 Å². The Bertz CT molecular complexity index is 446. The van der Waals surface area contributed by atoms with Gasteiger partial charge in [0.15, 0.2) is 6.10 Å². The van der Waals surface area contributed by atoms with Gasteiger partial charge in [-0.1, -0.05) is 12.1 Å². The van der Waals surface area contributed by atoms with E-state index in [0.29, 0.717) is 0 Å². The zero-order valence-corrected chi connectivity index (χ0v) is 10.7. The monoisotopic (exact) mass is 269 g/mol. The lowest BCUT2D eigenvalue weighted by Crippen LogP contribution is -2.33. The first kappa shape index (κ1) is 15.1. The van der Waals surface area contributed by atoms with Crippen molar-refractivity contribution in [2.45, 2.75) is 26.0 Å². The Morgan fingerprint density at radius 2 is 1.89 bits per heavy atom. The maximum absolute atomic E-state index is 12.7. The molecule has 1 unspecified atom stereocenters. The smallest absolute Gasteiger partial charge is 0.332 e. The molecule has 1 aromatic rings. The summed E-state index contributed by atoms with van der Waals surface area (Å²) in [5.74, 6) is -1.90. The average Bonchev–Trinajstić information content (AvgIpc) is 2.36. The number of benzene rings is 1. The second kappa shape index (κ2) is 6.84. The summed E-state index contributed by atoms with van der Waals surface area (Å²) in [7, 11) is 0. The van der Waals surface area contributed by atoms with Gasteiger partial charge >= 0.3 is 5.97 Å². The molecule has 0 fully saturated rings. The number of ether oxygens (including phenoxy) is 1. The minimum absolute atomic E-state index is 0.308. The van der Waals surface area contributed by atoms with Crippen LogP contribution in [0, 0.1) is 5.82 Å². The topological polar surface area (TPSA) is 75.6 Å². The Balaban J connectivity index is 2.44. The molecule has 0 spiro atoms. The molecule has 1 aromatic carbocycles. The molecule has 1 rings (SSSR count). The van der Waals surface area contributed by atoms with Gasteiger partial charge in [-0.3, -0.25) is 4.79 Å². The molecule has 0 saturated carbocycles. The van der Waals surface area contributed by atoms with Crippen LogP contribution in [0.25, 0.3) is 0 Å². The maximum Gasteiger partial charge on any atom is 0.332 e. The fourth-order valence-electron chi connectivity index (χ4n) is 1.39. The Labute approximate surface area is 110 Å². The van der Waals surface area contributed by atoms with Crippen molar-refractivity contribution in [3.05, 3.63) is 35.6 Å². The zero-order chi connectivity index (χ0) is 14.4. The van der Waals surface area contributed by atoms with Gasteiger partial charge in [0.25, 0.3) is 0 Å². The highest BCUT2D eigenvalue weighted by Crippen LogP contribution is 2.12. The van der Waals surface area contributed by atoms with Crippen molar-refractivity contribution in [1.29, 1.82) is 0 Å². The Hall–Kier alpha value is -1.95. The Kier molecular flexibility index (Phi) is 5.44. The van der Waals surface area contributed by atoms with Crippen LogP contribution in [-0.2, 0) is 14.3 Å². The molecule has 0 aliphatic rings. The molecule has 0 radical (unpaired) electrons. The minimum atomic E-state index is -1.13. The summed E-state index contributed by atoms with van der Waals surface area (Å²) in [5.41, 5.74) is 0.751. The highest BCUT2D eigenvalue weighted by molar-refractivity contribution is 5.78. The number of carboxylic acid groups (broad SMARTS) is 1. The predicted octanol–water partition coefficient (Wildman–Crippen LogP) is 1.49. The van der Waals surface area contributed by atoms with E-state index in [-0.39, 0.29) is 18.5 Å². The van der Waals surface area contributed by atoms with E-state index in [1.54, 1.807) is 19.1 Å². The number of nitrogens with one attached hydrogen (secondary N) is 1. The third-order valence-corrected chi connectivity index (χ3v) is 2.56. The van der Waals surface area contributed by atoms with Crippen LogP contribution in [0.5, 0.6) is 0 Å². The van der Waals surface area contributed by atoms with Gasteiger partial charge in [0.2, 0.25) is 5.91 Å². The van der Waals surface area contributed by atoms with Crippen molar-refractivity contribution in [2.75, 3.05) is 6.61 Å². The van der Waals surface area contributed by atoms with E-state index in [4.69, 9.17) is 9.84 Å². The first-order valence-electron chi connectivity index (χ1n) is 5.79. The number of carboxylic acids is 1. The molecule has 19 heavy (non-hydrogen) atoms.